The maximum absolute atomic E-state index is 13.1. The summed E-state index contributed by atoms with van der Waals surface area (Å²) in [5.74, 6) is -1.43. The van der Waals surface area contributed by atoms with Crippen LogP contribution in [-0.4, -0.2) is 30.5 Å². The van der Waals surface area contributed by atoms with Crippen LogP contribution in [0.2, 0.25) is 0 Å². The highest BCUT2D eigenvalue weighted by Crippen LogP contribution is 2.27. The van der Waals surface area contributed by atoms with E-state index in [2.05, 4.69) is 5.32 Å². The lowest BCUT2D eigenvalue weighted by Crippen LogP contribution is -2.16. The molecule has 0 radical (unpaired) electrons. The average molecular weight is 468 g/mol. The predicted octanol–water partition coefficient (Wildman–Crippen LogP) is 5.12. The third kappa shape index (κ3) is 6.66. The van der Waals surface area contributed by atoms with Crippen LogP contribution in [0.4, 0.5) is 10.1 Å². The van der Waals surface area contributed by atoms with E-state index in [4.69, 9.17) is 9.47 Å². The molecule has 0 aliphatic rings. The molecule has 3 rings (SSSR count). The maximum Gasteiger partial charge on any atom is 0.342 e. The van der Waals surface area contributed by atoms with Crippen LogP contribution in [0.25, 0.3) is 0 Å². The lowest BCUT2D eigenvalue weighted by atomic mass is 10.1. The Morgan fingerprint density at radius 2 is 1.73 bits per heavy atom. The number of nitrogens with one attached hydrogen (secondary N) is 1. The third-order valence-corrected chi connectivity index (χ3v) is 5.38. The molecule has 0 bridgehead atoms. The first-order valence-electron chi connectivity index (χ1n) is 9.99. The van der Waals surface area contributed by atoms with Gasteiger partial charge in [0.1, 0.15) is 23.7 Å². The number of Topliss-reactive ketones (excluding diaryl/α,β-unsaturated/α-hetero) is 1. The number of rotatable bonds is 9. The molecular formula is C25H22FNO5S. The Labute approximate surface area is 195 Å². The van der Waals surface area contributed by atoms with Crippen LogP contribution >= 0.6 is 11.8 Å². The number of amides is 1. The number of anilines is 1. The molecule has 3 aromatic carbocycles. The molecule has 0 fully saturated rings. The second-order valence-corrected chi connectivity index (χ2v) is 7.85. The first-order valence-corrected chi connectivity index (χ1v) is 11.2. The molecule has 0 saturated heterocycles. The van der Waals surface area contributed by atoms with Gasteiger partial charge in [-0.15, -0.1) is 11.8 Å². The fourth-order valence-electron chi connectivity index (χ4n) is 2.96. The number of carbonyl (C=O) groups is 3. The molecule has 0 unspecified atom stereocenters. The largest absolute Gasteiger partial charge is 0.488 e. The van der Waals surface area contributed by atoms with Crippen LogP contribution in [0.15, 0.2) is 71.6 Å². The molecule has 8 heteroatoms. The van der Waals surface area contributed by atoms with Gasteiger partial charge in [-0.1, -0.05) is 30.3 Å². The summed E-state index contributed by atoms with van der Waals surface area (Å²) in [6.07, 6.45) is 1.86. The van der Waals surface area contributed by atoms with E-state index < -0.39 is 18.4 Å². The smallest absolute Gasteiger partial charge is 0.342 e. The Balaban J connectivity index is 1.65. The van der Waals surface area contributed by atoms with Crippen LogP contribution in [-0.2, 0) is 16.1 Å². The first kappa shape index (κ1) is 24.0. The second-order valence-electron chi connectivity index (χ2n) is 7.01. The topological polar surface area (TPSA) is 81.7 Å². The summed E-state index contributed by atoms with van der Waals surface area (Å²) in [6, 6.07) is 17.3. The zero-order valence-corrected chi connectivity index (χ0v) is 18.9. The number of ketones is 1. The normalized spacial score (nSPS) is 10.4. The molecule has 0 aromatic heterocycles. The van der Waals surface area contributed by atoms with Crippen molar-refractivity contribution >= 4 is 35.1 Å². The highest BCUT2D eigenvalue weighted by molar-refractivity contribution is 7.98. The van der Waals surface area contributed by atoms with Gasteiger partial charge in [0.05, 0.1) is 5.69 Å². The van der Waals surface area contributed by atoms with E-state index in [1.54, 1.807) is 48.5 Å². The minimum absolute atomic E-state index is 0.136. The van der Waals surface area contributed by atoms with Gasteiger partial charge in [-0.3, -0.25) is 9.59 Å². The van der Waals surface area contributed by atoms with E-state index in [0.717, 1.165) is 10.5 Å². The fourth-order valence-corrected chi connectivity index (χ4v) is 3.50. The Morgan fingerprint density at radius 3 is 2.42 bits per heavy atom. The third-order valence-electron chi connectivity index (χ3n) is 4.58. The van der Waals surface area contributed by atoms with Crippen molar-refractivity contribution in [1.82, 2.24) is 0 Å². The van der Waals surface area contributed by atoms with Gasteiger partial charge in [0, 0.05) is 17.4 Å². The van der Waals surface area contributed by atoms with Gasteiger partial charge in [0.15, 0.2) is 12.4 Å². The number of halogens is 1. The summed E-state index contributed by atoms with van der Waals surface area (Å²) >= 11 is 1.43. The van der Waals surface area contributed by atoms with Gasteiger partial charge in [-0.2, -0.15) is 0 Å². The molecular weight excluding hydrogens is 445 g/mol. The molecule has 6 nitrogen and oxygen atoms in total. The summed E-state index contributed by atoms with van der Waals surface area (Å²) in [6.45, 7) is 1.05. The highest BCUT2D eigenvalue weighted by Gasteiger charge is 2.17. The monoisotopic (exact) mass is 467 g/mol. The van der Waals surface area contributed by atoms with Crippen molar-refractivity contribution in [2.24, 2.45) is 0 Å². The number of hydrogen-bond donors (Lipinski definition) is 1. The van der Waals surface area contributed by atoms with Crippen molar-refractivity contribution in [2.75, 3.05) is 18.2 Å². The van der Waals surface area contributed by atoms with E-state index in [9.17, 15) is 18.8 Å². The van der Waals surface area contributed by atoms with Gasteiger partial charge in [0.2, 0.25) is 5.91 Å². The molecule has 0 aliphatic carbocycles. The van der Waals surface area contributed by atoms with E-state index in [0.29, 0.717) is 11.3 Å². The molecule has 33 heavy (non-hydrogen) atoms. The van der Waals surface area contributed by atoms with Gasteiger partial charge in [-0.25, -0.2) is 9.18 Å². The zero-order chi connectivity index (χ0) is 23.8. The minimum atomic E-state index is -0.708. The van der Waals surface area contributed by atoms with E-state index in [-0.39, 0.29) is 29.6 Å². The van der Waals surface area contributed by atoms with Crippen molar-refractivity contribution < 1.29 is 28.2 Å². The van der Waals surface area contributed by atoms with Crippen molar-refractivity contribution in [3.05, 3.63) is 89.2 Å². The van der Waals surface area contributed by atoms with Gasteiger partial charge < -0.3 is 14.8 Å². The lowest BCUT2D eigenvalue weighted by molar-refractivity contribution is -0.114. The fraction of sp³-hybridized carbons (Fsp3) is 0.160. The summed E-state index contributed by atoms with van der Waals surface area (Å²) in [5, 5.41) is 2.69. The van der Waals surface area contributed by atoms with Crippen LogP contribution in [0, 0.1) is 5.82 Å². The maximum atomic E-state index is 13.1. The number of esters is 1. The van der Waals surface area contributed by atoms with E-state index in [1.807, 2.05) is 6.26 Å². The van der Waals surface area contributed by atoms with Crippen molar-refractivity contribution in [1.29, 1.82) is 0 Å². The van der Waals surface area contributed by atoms with Gasteiger partial charge >= 0.3 is 5.97 Å². The molecule has 0 heterocycles. The summed E-state index contributed by atoms with van der Waals surface area (Å²) < 4.78 is 24.0. The first-order chi connectivity index (χ1) is 15.9. The standard InChI is InChI=1S/C25H22FNO5S/c1-16(28)27-21-13-18(9-12-24(21)33-2)22(29)15-32-25(30)20-5-3-4-6-23(20)31-14-17-7-10-19(26)11-8-17/h3-13H,14-15H2,1-2H3,(H,27,28). The van der Waals surface area contributed by atoms with Crippen LogP contribution in [0.5, 0.6) is 5.75 Å². The number of para-hydroxylation sites is 1. The Hall–Kier alpha value is -3.65. The Bertz CT molecular complexity index is 1160. The molecule has 1 N–H and O–H groups in total. The lowest BCUT2D eigenvalue weighted by Gasteiger charge is -2.12. The molecule has 3 aromatic rings. The van der Waals surface area contributed by atoms with Crippen LogP contribution in [0.3, 0.4) is 0 Å². The number of benzene rings is 3. The minimum Gasteiger partial charge on any atom is -0.488 e. The van der Waals surface area contributed by atoms with Crippen molar-refractivity contribution in [3.8, 4) is 5.75 Å². The SMILES string of the molecule is CSc1ccc(C(=O)COC(=O)c2ccccc2OCc2ccc(F)cc2)cc1NC(C)=O. The molecule has 1 amide bonds. The predicted molar refractivity (Wildman–Crippen MR) is 124 cm³/mol. The molecule has 0 atom stereocenters. The van der Waals surface area contributed by atoms with E-state index >= 15 is 0 Å². The molecule has 0 saturated carbocycles. The van der Waals surface area contributed by atoms with Crippen molar-refractivity contribution in [3.63, 3.8) is 0 Å². The Kier molecular flexibility index (Phi) is 8.21. The summed E-state index contributed by atoms with van der Waals surface area (Å²) in [5.41, 5.74) is 1.74. The Morgan fingerprint density at radius 1 is 1.00 bits per heavy atom. The van der Waals surface area contributed by atoms with Gasteiger partial charge in [0.25, 0.3) is 0 Å². The highest BCUT2D eigenvalue weighted by atomic mass is 32.2. The second kappa shape index (κ2) is 11.3. The molecule has 0 aliphatic heterocycles. The zero-order valence-electron chi connectivity index (χ0n) is 18.1. The molecule has 170 valence electrons. The average Bonchev–Trinajstić information content (AvgIpc) is 2.81. The van der Waals surface area contributed by atoms with E-state index in [1.165, 1.54) is 36.9 Å². The number of ether oxygens (including phenoxy) is 2. The quantitative estimate of drug-likeness (QED) is 0.267. The van der Waals surface area contributed by atoms with Crippen LogP contribution in [0.1, 0.15) is 33.2 Å². The number of thioether (sulfide) groups is 1. The van der Waals surface area contributed by atoms with Gasteiger partial charge in [-0.05, 0) is 48.2 Å². The number of carbonyl (C=O) groups excluding carboxylic acids is 3. The molecule has 0 spiro atoms. The number of hydrogen-bond acceptors (Lipinski definition) is 6. The summed E-state index contributed by atoms with van der Waals surface area (Å²) in [7, 11) is 0. The summed E-state index contributed by atoms with van der Waals surface area (Å²) in [4.78, 5) is 37.4. The van der Waals surface area contributed by atoms with Crippen LogP contribution < -0.4 is 10.1 Å². The van der Waals surface area contributed by atoms with Crippen molar-refractivity contribution in [2.45, 2.75) is 18.4 Å².